The number of rotatable bonds is 9. The first-order valence-electron chi connectivity index (χ1n) is 12.1. The third-order valence-corrected chi connectivity index (χ3v) is 6.39. The number of nitrogens with one attached hydrogen (secondary N) is 1. The van der Waals surface area contributed by atoms with Crippen LogP contribution in [0.15, 0.2) is 72.8 Å². The third kappa shape index (κ3) is 6.04. The summed E-state index contributed by atoms with van der Waals surface area (Å²) in [5.41, 5.74) is 2.90. The van der Waals surface area contributed by atoms with Gasteiger partial charge in [0.1, 0.15) is 17.5 Å². The summed E-state index contributed by atoms with van der Waals surface area (Å²) in [5.74, 6) is 0.0748. The van der Waals surface area contributed by atoms with Gasteiger partial charge < -0.3 is 24.8 Å². The molecule has 1 aliphatic rings. The second-order valence-electron chi connectivity index (χ2n) is 8.99. The average Bonchev–Trinajstić information content (AvgIpc) is 3.42. The van der Waals surface area contributed by atoms with Crippen LogP contribution in [0.1, 0.15) is 45.9 Å². The molecule has 0 aromatic heterocycles. The normalized spacial score (nSPS) is 15.8. The molecule has 188 valence electrons. The molecule has 1 aliphatic heterocycles. The van der Waals surface area contributed by atoms with Gasteiger partial charge in [0.2, 0.25) is 5.91 Å². The van der Waals surface area contributed by atoms with E-state index in [-0.39, 0.29) is 30.2 Å². The number of amides is 2. The van der Waals surface area contributed by atoms with Crippen LogP contribution < -0.4 is 10.1 Å². The minimum absolute atomic E-state index is 0.0249. The SMILES string of the molecule is COc1ccccc1CN(C(=O)c1ccc(O)cc1)C(C(=O)NCC1CCCO1)c1ccc(C)cc1. The molecule has 0 aliphatic carbocycles. The fraction of sp³-hybridized carbons (Fsp3) is 0.310. The van der Waals surface area contributed by atoms with E-state index in [0.29, 0.717) is 30.0 Å². The maximum atomic E-state index is 13.9. The Kier molecular flexibility index (Phi) is 8.23. The number of benzene rings is 3. The van der Waals surface area contributed by atoms with Crippen LogP contribution >= 0.6 is 0 Å². The zero-order chi connectivity index (χ0) is 25.5. The molecule has 1 heterocycles. The maximum Gasteiger partial charge on any atom is 0.255 e. The Morgan fingerprint density at radius 2 is 1.81 bits per heavy atom. The van der Waals surface area contributed by atoms with Crippen LogP contribution in [-0.4, -0.2) is 48.2 Å². The highest BCUT2D eigenvalue weighted by atomic mass is 16.5. The molecule has 2 amide bonds. The second kappa shape index (κ2) is 11.7. The zero-order valence-electron chi connectivity index (χ0n) is 20.6. The molecule has 7 nitrogen and oxygen atoms in total. The van der Waals surface area contributed by atoms with E-state index in [4.69, 9.17) is 9.47 Å². The summed E-state index contributed by atoms with van der Waals surface area (Å²) in [6.07, 6.45) is 1.84. The number of para-hydroxylation sites is 1. The Hall–Kier alpha value is -3.84. The number of hydrogen-bond acceptors (Lipinski definition) is 5. The van der Waals surface area contributed by atoms with Crippen molar-refractivity contribution >= 4 is 11.8 Å². The van der Waals surface area contributed by atoms with Gasteiger partial charge in [0.15, 0.2) is 0 Å². The fourth-order valence-corrected chi connectivity index (χ4v) is 4.41. The number of nitrogens with zero attached hydrogens (tertiary/aromatic N) is 1. The maximum absolute atomic E-state index is 13.9. The van der Waals surface area contributed by atoms with E-state index in [1.165, 1.54) is 12.1 Å². The van der Waals surface area contributed by atoms with Crippen molar-refractivity contribution in [2.24, 2.45) is 0 Å². The summed E-state index contributed by atoms with van der Waals surface area (Å²) in [6, 6.07) is 20.2. The van der Waals surface area contributed by atoms with Gasteiger partial charge in [-0.05, 0) is 55.7 Å². The van der Waals surface area contributed by atoms with Crippen LogP contribution in [-0.2, 0) is 16.1 Å². The molecule has 1 fully saturated rings. The van der Waals surface area contributed by atoms with Crippen molar-refractivity contribution in [3.05, 3.63) is 95.1 Å². The van der Waals surface area contributed by atoms with Crippen molar-refractivity contribution in [2.45, 2.75) is 38.5 Å². The number of ether oxygens (including phenoxy) is 2. The van der Waals surface area contributed by atoms with Gasteiger partial charge in [-0.15, -0.1) is 0 Å². The van der Waals surface area contributed by atoms with E-state index in [1.807, 2.05) is 55.5 Å². The van der Waals surface area contributed by atoms with Gasteiger partial charge in [0.25, 0.3) is 5.91 Å². The third-order valence-electron chi connectivity index (χ3n) is 6.39. The topological polar surface area (TPSA) is 88.1 Å². The zero-order valence-corrected chi connectivity index (χ0v) is 20.6. The van der Waals surface area contributed by atoms with Crippen molar-refractivity contribution in [1.82, 2.24) is 10.2 Å². The van der Waals surface area contributed by atoms with Crippen LogP contribution in [0.5, 0.6) is 11.5 Å². The Labute approximate surface area is 211 Å². The predicted octanol–water partition coefficient (Wildman–Crippen LogP) is 4.39. The van der Waals surface area contributed by atoms with Crippen LogP contribution in [0.3, 0.4) is 0 Å². The second-order valence-corrected chi connectivity index (χ2v) is 8.99. The van der Waals surface area contributed by atoms with Gasteiger partial charge >= 0.3 is 0 Å². The number of methoxy groups -OCH3 is 1. The Bertz CT molecular complexity index is 1170. The first-order valence-corrected chi connectivity index (χ1v) is 12.1. The smallest absolute Gasteiger partial charge is 0.255 e. The number of hydrogen-bond donors (Lipinski definition) is 2. The minimum atomic E-state index is -0.891. The lowest BCUT2D eigenvalue weighted by Crippen LogP contribution is -2.45. The molecule has 2 atom stereocenters. The molecule has 3 aromatic carbocycles. The van der Waals surface area contributed by atoms with Crippen LogP contribution in [0.4, 0.5) is 0 Å². The van der Waals surface area contributed by atoms with Crippen molar-refractivity contribution < 1.29 is 24.2 Å². The van der Waals surface area contributed by atoms with Gasteiger partial charge in [-0.2, -0.15) is 0 Å². The van der Waals surface area contributed by atoms with E-state index in [1.54, 1.807) is 24.1 Å². The van der Waals surface area contributed by atoms with E-state index in [9.17, 15) is 14.7 Å². The van der Waals surface area contributed by atoms with Crippen LogP contribution in [0.25, 0.3) is 0 Å². The Balaban J connectivity index is 1.74. The van der Waals surface area contributed by atoms with Gasteiger partial charge in [-0.3, -0.25) is 9.59 Å². The first kappa shape index (κ1) is 25.3. The summed E-state index contributed by atoms with van der Waals surface area (Å²) in [5, 5.41) is 12.8. The van der Waals surface area contributed by atoms with Crippen molar-refractivity contribution in [3.63, 3.8) is 0 Å². The molecule has 3 aromatic rings. The molecule has 0 radical (unpaired) electrons. The van der Waals surface area contributed by atoms with Gasteiger partial charge in [0.05, 0.1) is 19.8 Å². The molecule has 0 saturated carbocycles. The number of carbonyl (C=O) groups is 2. The highest BCUT2D eigenvalue weighted by Crippen LogP contribution is 2.29. The summed E-state index contributed by atoms with van der Waals surface area (Å²) >= 11 is 0. The van der Waals surface area contributed by atoms with E-state index >= 15 is 0 Å². The van der Waals surface area contributed by atoms with E-state index in [2.05, 4.69) is 5.32 Å². The number of phenolic OH excluding ortho intramolecular Hbond substituents is 1. The average molecular weight is 489 g/mol. The molecule has 2 N–H and O–H groups in total. The predicted molar refractivity (Wildman–Crippen MR) is 137 cm³/mol. The number of carbonyl (C=O) groups excluding carboxylic acids is 2. The van der Waals surface area contributed by atoms with E-state index in [0.717, 1.165) is 24.0 Å². The highest BCUT2D eigenvalue weighted by Gasteiger charge is 2.33. The van der Waals surface area contributed by atoms with Gasteiger partial charge in [-0.1, -0.05) is 48.0 Å². The minimum Gasteiger partial charge on any atom is -0.508 e. The summed E-state index contributed by atoms with van der Waals surface area (Å²) < 4.78 is 11.2. The van der Waals surface area contributed by atoms with Gasteiger partial charge in [-0.25, -0.2) is 0 Å². The molecule has 0 bridgehead atoms. The van der Waals surface area contributed by atoms with Crippen molar-refractivity contribution in [1.29, 1.82) is 0 Å². The molecule has 7 heteroatoms. The van der Waals surface area contributed by atoms with Crippen LogP contribution in [0, 0.1) is 6.92 Å². The van der Waals surface area contributed by atoms with Crippen LogP contribution in [0.2, 0.25) is 0 Å². The lowest BCUT2D eigenvalue weighted by molar-refractivity contribution is -0.126. The quantitative estimate of drug-likeness (QED) is 0.467. The standard InChI is InChI=1S/C29H32N2O5/c1-20-9-11-21(12-10-20)27(28(33)30-18-25-7-5-17-36-25)31(19-23-6-3-4-8-26(23)35-2)29(34)22-13-15-24(32)16-14-22/h3-4,6,8-16,25,27,32H,5,7,17-19H2,1-2H3,(H,30,33). The lowest BCUT2D eigenvalue weighted by atomic mass is 10.00. The fourth-order valence-electron chi connectivity index (χ4n) is 4.41. The number of aryl methyl sites for hydroxylation is 1. The summed E-state index contributed by atoms with van der Waals surface area (Å²) in [4.78, 5) is 29.2. The highest BCUT2D eigenvalue weighted by molar-refractivity contribution is 5.98. The molecule has 2 unspecified atom stereocenters. The molecule has 36 heavy (non-hydrogen) atoms. The Morgan fingerprint density at radius 1 is 1.08 bits per heavy atom. The van der Waals surface area contributed by atoms with E-state index < -0.39 is 6.04 Å². The Morgan fingerprint density at radius 3 is 2.47 bits per heavy atom. The largest absolute Gasteiger partial charge is 0.508 e. The molecular weight excluding hydrogens is 456 g/mol. The molecule has 1 saturated heterocycles. The first-order chi connectivity index (χ1) is 17.5. The molecular formula is C29H32N2O5. The summed E-state index contributed by atoms with van der Waals surface area (Å²) in [6.45, 7) is 3.21. The van der Waals surface area contributed by atoms with Gasteiger partial charge in [0, 0.05) is 24.3 Å². The van der Waals surface area contributed by atoms with Crippen molar-refractivity contribution in [2.75, 3.05) is 20.3 Å². The number of phenols is 1. The molecule has 4 rings (SSSR count). The monoisotopic (exact) mass is 488 g/mol. The van der Waals surface area contributed by atoms with Crippen molar-refractivity contribution in [3.8, 4) is 11.5 Å². The summed E-state index contributed by atoms with van der Waals surface area (Å²) in [7, 11) is 1.58. The molecule has 0 spiro atoms. The number of aromatic hydroxyl groups is 1. The lowest BCUT2D eigenvalue weighted by Gasteiger charge is -2.32.